The molecule has 1 aliphatic carbocycles. The Balaban J connectivity index is 1.49. The highest BCUT2D eigenvalue weighted by molar-refractivity contribution is 5.79. The van der Waals surface area contributed by atoms with Crippen LogP contribution in [0.1, 0.15) is 58.6 Å². The number of guanidine groups is 1. The first kappa shape index (κ1) is 17.3. The monoisotopic (exact) mass is 333 g/mol. The number of hydrogen-bond acceptors (Lipinski definition) is 4. The van der Waals surface area contributed by atoms with Crippen LogP contribution in [0.2, 0.25) is 0 Å². The maximum atomic E-state index is 5.82. The molecule has 2 unspecified atom stereocenters. The van der Waals surface area contributed by atoms with Gasteiger partial charge in [-0.2, -0.15) is 0 Å². The summed E-state index contributed by atoms with van der Waals surface area (Å²) >= 11 is 0. The van der Waals surface area contributed by atoms with Gasteiger partial charge in [0.25, 0.3) is 0 Å². The van der Waals surface area contributed by atoms with Gasteiger partial charge < -0.3 is 15.1 Å². The highest BCUT2D eigenvalue weighted by Crippen LogP contribution is 2.33. The molecular weight excluding hydrogens is 302 g/mol. The summed E-state index contributed by atoms with van der Waals surface area (Å²) in [6.07, 6.45) is 5.72. The standard InChI is InChI=1S/C18H31N5O/c1-12-8-13(11-23(12)14-6-7-14)22-17(19-5)21-10-16-20-9-15(24-16)18(2,3)4/h9,12-14H,6-8,10-11H2,1-5H3,(H2,19,21,22). The van der Waals surface area contributed by atoms with Crippen molar-refractivity contribution in [2.75, 3.05) is 13.6 Å². The van der Waals surface area contributed by atoms with Crippen LogP contribution in [0.4, 0.5) is 0 Å². The lowest BCUT2D eigenvalue weighted by molar-refractivity contribution is 0.256. The predicted molar refractivity (Wildman–Crippen MR) is 96.1 cm³/mol. The van der Waals surface area contributed by atoms with E-state index in [4.69, 9.17) is 4.42 Å². The van der Waals surface area contributed by atoms with Crippen LogP contribution < -0.4 is 10.6 Å². The molecular formula is C18H31N5O. The lowest BCUT2D eigenvalue weighted by Crippen LogP contribution is -2.44. The van der Waals surface area contributed by atoms with E-state index in [1.807, 2.05) is 13.2 Å². The van der Waals surface area contributed by atoms with Crippen LogP contribution in [-0.2, 0) is 12.0 Å². The van der Waals surface area contributed by atoms with E-state index >= 15 is 0 Å². The number of rotatable bonds is 4. The third kappa shape index (κ3) is 4.09. The number of oxazole rings is 1. The molecule has 1 saturated heterocycles. The first-order chi connectivity index (χ1) is 11.4. The Bertz CT molecular complexity index is 584. The van der Waals surface area contributed by atoms with Crippen molar-refractivity contribution in [2.24, 2.45) is 4.99 Å². The van der Waals surface area contributed by atoms with Gasteiger partial charge in [-0.1, -0.05) is 20.8 Å². The highest BCUT2D eigenvalue weighted by atomic mass is 16.4. The van der Waals surface area contributed by atoms with Gasteiger partial charge in [-0.3, -0.25) is 9.89 Å². The lowest BCUT2D eigenvalue weighted by Gasteiger charge is -2.20. The molecule has 2 heterocycles. The van der Waals surface area contributed by atoms with Gasteiger partial charge in [0.05, 0.1) is 12.7 Å². The molecule has 0 radical (unpaired) electrons. The molecule has 6 heteroatoms. The van der Waals surface area contributed by atoms with E-state index in [2.05, 4.69) is 53.2 Å². The van der Waals surface area contributed by atoms with Gasteiger partial charge in [-0.25, -0.2) is 4.98 Å². The minimum atomic E-state index is -0.0164. The normalized spacial score (nSPS) is 26.0. The molecule has 0 aromatic carbocycles. The van der Waals surface area contributed by atoms with Gasteiger partial charge in [0.15, 0.2) is 5.96 Å². The molecule has 134 valence electrons. The summed E-state index contributed by atoms with van der Waals surface area (Å²) in [5.74, 6) is 2.43. The molecule has 24 heavy (non-hydrogen) atoms. The second-order valence-electron chi connectivity index (χ2n) is 8.15. The molecule has 0 amide bonds. The minimum Gasteiger partial charge on any atom is -0.443 e. The van der Waals surface area contributed by atoms with E-state index in [0.29, 0.717) is 24.5 Å². The predicted octanol–water partition coefficient (Wildman–Crippen LogP) is 2.26. The largest absolute Gasteiger partial charge is 0.443 e. The van der Waals surface area contributed by atoms with Gasteiger partial charge in [0.2, 0.25) is 5.89 Å². The highest BCUT2D eigenvalue weighted by Gasteiger charge is 2.38. The molecule has 1 aliphatic heterocycles. The number of nitrogens with one attached hydrogen (secondary N) is 2. The SMILES string of the molecule is CN=C(NCc1ncc(C(C)(C)C)o1)NC1CC(C)N(C2CC2)C1. The fourth-order valence-corrected chi connectivity index (χ4v) is 3.36. The summed E-state index contributed by atoms with van der Waals surface area (Å²) in [5, 5.41) is 6.86. The van der Waals surface area contributed by atoms with Gasteiger partial charge >= 0.3 is 0 Å². The van der Waals surface area contributed by atoms with Crippen LogP contribution in [-0.4, -0.2) is 47.6 Å². The van der Waals surface area contributed by atoms with E-state index in [0.717, 1.165) is 24.3 Å². The quantitative estimate of drug-likeness (QED) is 0.653. The molecule has 1 aromatic rings. The van der Waals surface area contributed by atoms with Gasteiger partial charge in [-0.15, -0.1) is 0 Å². The third-order valence-corrected chi connectivity index (χ3v) is 4.90. The van der Waals surface area contributed by atoms with Crippen molar-refractivity contribution in [2.45, 2.75) is 77.0 Å². The summed E-state index contributed by atoms with van der Waals surface area (Å²) < 4.78 is 5.82. The molecule has 2 atom stereocenters. The van der Waals surface area contributed by atoms with E-state index in [9.17, 15) is 0 Å². The first-order valence-corrected chi connectivity index (χ1v) is 9.05. The molecule has 3 rings (SSSR count). The van der Waals surface area contributed by atoms with Crippen LogP contribution in [0.5, 0.6) is 0 Å². The van der Waals surface area contributed by atoms with Crippen molar-refractivity contribution in [3.63, 3.8) is 0 Å². The molecule has 1 saturated carbocycles. The second kappa shape index (κ2) is 6.75. The van der Waals surface area contributed by atoms with Crippen molar-refractivity contribution in [1.29, 1.82) is 0 Å². The summed E-state index contributed by atoms with van der Waals surface area (Å²) in [6.45, 7) is 10.4. The van der Waals surface area contributed by atoms with E-state index in [1.165, 1.54) is 19.3 Å². The smallest absolute Gasteiger partial charge is 0.213 e. The van der Waals surface area contributed by atoms with Crippen LogP contribution >= 0.6 is 0 Å². The zero-order valence-corrected chi connectivity index (χ0v) is 15.6. The Hall–Kier alpha value is -1.56. The fraction of sp³-hybridized carbons (Fsp3) is 0.778. The van der Waals surface area contributed by atoms with E-state index in [1.54, 1.807) is 0 Å². The van der Waals surface area contributed by atoms with E-state index < -0.39 is 0 Å². The Kier molecular flexibility index (Phi) is 4.85. The maximum absolute atomic E-state index is 5.82. The summed E-state index contributed by atoms with van der Waals surface area (Å²) in [6, 6.07) is 1.94. The average molecular weight is 333 g/mol. The maximum Gasteiger partial charge on any atom is 0.213 e. The van der Waals surface area contributed by atoms with Crippen LogP contribution in [0.25, 0.3) is 0 Å². The van der Waals surface area contributed by atoms with E-state index in [-0.39, 0.29) is 5.41 Å². The van der Waals surface area contributed by atoms with Crippen molar-refractivity contribution in [1.82, 2.24) is 20.5 Å². The van der Waals surface area contributed by atoms with Crippen molar-refractivity contribution in [3.8, 4) is 0 Å². The Morgan fingerprint density at radius 1 is 1.42 bits per heavy atom. The zero-order valence-electron chi connectivity index (χ0n) is 15.6. The summed E-state index contributed by atoms with van der Waals surface area (Å²) in [4.78, 5) is 11.3. The lowest BCUT2D eigenvalue weighted by atomic mass is 9.94. The second-order valence-corrected chi connectivity index (χ2v) is 8.15. The minimum absolute atomic E-state index is 0.0164. The van der Waals surface area contributed by atoms with Gasteiger partial charge in [0.1, 0.15) is 5.76 Å². The Labute approximate surface area is 145 Å². The molecule has 0 spiro atoms. The molecule has 2 aliphatic rings. The van der Waals surface area contributed by atoms with Crippen molar-refractivity contribution >= 4 is 5.96 Å². The fourth-order valence-electron chi connectivity index (χ4n) is 3.36. The Morgan fingerprint density at radius 2 is 2.17 bits per heavy atom. The zero-order chi connectivity index (χ0) is 17.3. The molecule has 1 aromatic heterocycles. The first-order valence-electron chi connectivity index (χ1n) is 9.05. The number of hydrogen-bond donors (Lipinski definition) is 2. The number of aliphatic imine (C=N–C) groups is 1. The molecule has 2 N–H and O–H groups in total. The van der Waals surface area contributed by atoms with Crippen molar-refractivity contribution in [3.05, 3.63) is 17.8 Å². The van der Waals surface area contributed by atoms with Crippen molar-refractivity contribution < 1.29 is 4.42 Å². The van der Waals surface area contributed by atoms with Crippen LogP contribution in [0.3, 0.4) is 0 Å². The summed E-state index contributed by atoms with van der Waals surface area (Å²) in [5.41, 5.74) is -0.0164. The topological polar surface area (TPSA) is 65.7 Å². The van der Waals surface area contributed by atoms with Crippen LogP contribution in [0.15, 0.2) is 15.6 Å². The van der Waals surface area contributed by atoms with Gasteiger partial charge in [0, 0.05) is 37.1 Å². The third-order valence-electron chi connectivity index (χ3n) is 4.90. The average Bonchev–Trinajstić information content (AvgIpc) is 3.11. The summed E-state index contributed by atoms with van der Waals surface area (Å²) in [7, 11) is 1.81. The number of nitrogens with zero attached hydrogens (tertiary/aromatic N) is 3. The molecule has 2 fully saturated rings. The number of likely N-dealkylation sites (tertiary alicyclic amines) is 1. The molecule has 6 nitrogen and oxygen atoms in total. The van der Waals surface area contributed by atoms with Crippen LogP contribution in [0, 0.1) is 0 Å². The van der Waals surface area contributed by atoms with Gasteiger partial charge in [-0.05, 0) is 26.2 Å². The number of aromatic nitrogens is 1. The molecule has 0 bridgehead atoms. The Morgan fingerprint density at radius 3 is 2.75 bits per heavy atom.